The first-order valence-corrected chi connectivity index (χ1v) is 12.6. The fourth-order valence-corrected chi connectivity index (χ4v) is 4.49. The molecule has 2 unspecified atom stereocenters. The van der Waals surface area contributed by atoms with Crippen LogP contribution in [0.25, 0.3) is 0 Å². The largest absolute Gasteiger partial charge is 0.479 e. The number of aromatic nitrogens is 3. The number of ether oxygens (including phenoxy) is 1. The van der Waals surface area contributed by atoms with Crippen molar-refractivity contribution in [3.05, 3.63) is 47.8 Å². The van der Waals surface area contributed by atoms with Crippen molar-refractivity contribution in [1.82, 2.24) is 25.2 Å². The predicted molar refractivity (Wildman–Crippen MR) is 133 cm³/mol. The lowest BCUT2D eigenvalue weighted by Gasteiger charge is -2.43. The number of carboxylic acid groups (broad SMARTS) is 1. The highest BCUT2D eigenvalue weighted by Gasteiger charge is 2.48. The molecule has 2 heterocycles. The van der Waals surface area contributed by atoms with Crippen molar-refractivity contribution in [3.63, 3.8) is 0 Å². The molecular weight excluding hydrogens is 462 g/mol. The number of likely N-dealkylation sites (tertiary alicyclic amines) is 1. The second-order valence-corrected chi connectivity index (χ2v) is 9.76. The van der Waals surface area contributed by atoms with Gasteiger partial charge in [0.15, 0.2) is 0 Å². The first-order chi connectivity index (χ1) is 17.2. The van der Waals surface area contributed by atoms with E-state index in [2.05, 4.69) is 15.6 Å². The molecule has 10 nitrogen and oxygen atoms in total. The molecule has 1 aliphatic heterocycles. The van der Waals surface area contributed by atoms with Gasteiger partial charge in [-0.3, -0.25) is 14.3 Å². The van der Waals surface area contributed by atoms with Crippen LogP contribution in [0.3, 0.4) is 0 Å². The summed E-state index contributed by atoms with van der Waals surface area (Å²) in [6.45, 7) is 7.04. The van der Waals surface area contributed by atoms with Crippen LogP contribution in [0.2, 0.25) is 0 Å². The molecule has 2 aromatic rings. The third-order valence-electron chi connectivity index (χ3n) is 6.62. The van der Waals surface area contributed by atoms with Gasteiger partial charge in [-0.15, -0.1) is 5.10 Å². The number of nitrogens with one attached hydrogen (secondary N) is 1. The molecular formula is C26H37N5O5. The Morgan fingerprint density at radius 1 is 1.17 bits per heavy atom. The number of nitrogens with zero attached hydrogens (tertiary/aromatic N) is 4. The maximum absolute atomic E-state index is 13.1. The van der Waals surface area contributed by atoms with Gasteiger partial charge in [-0.1, -0.05) is 56.3 Å². The fraction of sp³-hybridized carbons (Fsp3) is 0.577. The maximum Gasteiger partial charge on any atom is 0.330 e. The van der Waals surface area contributed by atoms with Crippen LogP contribution in [0.4, 0.5) is 0 Å². The number of carbonyl (C=O) groups excluding carboxylic acids is 2. The summed E-state index contributed by atoms with van der Waals surface area (Å²) in [5.74, 6) is -1.41. The summed E-state index contributed by atoms with van der Waals surface area (Å²) in [7, 11) is 0. The van der Waals surface area contributed by atoms with Gasteiger partial charge in [-0.25, -0.2) is 4.79 Å². The van der Waals surface area contributed by atoms with Crippen molar-refractivity contribution in [2.75, 3.05) is 26.3 Å². The number of aliphatic carboxylic acids is 1. The zero-order chi connectivity index (χ0) is 26.1. The number of hydrogen-bond donors (Lipinski definition) is 2. The first kappa shape index (κ1) is 27.3. The van der Waals surface area contributed by atoms with E-state index < -0.39 is 11.5 Å². The highest BCUT2D eigenvalue weighted by atomic mass is 16.5. The summed E-state index contributed by atoms with van der Waals surface area (Å²) in [5.41, 5.74) is 0.219. The SMILES string of the molecule is CC(C)C(=O)NCCn1cc(CC2(C(=O)O)CCCCN2C(=O)COCC(C)c2ccccc2)nn1. The predicted octanol–water partition coefficient (Wildman–Crippen LogP) is 2.25. The second kappa shape index (κ2) is 12.6. The summed E-state index contributed by atoms with van der Waals surface area (Å²) >= 11 is 0. The lowest BCUT2D eigenvalue weighted by atomic mass is 9.82. The summed E-state index contributed by atoms with van der Waals surface area (Å²) < 4.78 is 7.30. The Hall–Kier alpha value is -3.27. The van der Waals surface area contributed by atoms with Crippen LogP contribution in [0.5, 0.6) is 0 Å². The molecule has 0 bridgehead atoms. The van der Waals surface area contributed by atoms with Gasteiger partial charge in [-0.05, 0) is 24.8 Å². The van der Waals surface area contributed by atoms with Gasteiger partial charge >= 0.3 is 5.97 Å². The van der Waals surface area contributed by atoms with Crippen LogP contribution < -0.4 is 5.32 Å². The molecule has 2 atom stereocenters. The highest BCUT2D eigenvalue weighted by Crippen LogP contribution is 2.32. The Morgan fingerprint density at radius 2 is 1.92 bits per heavy atom. The molecule has 0 saturated carbocycles. The molecule has 10 heteroatoms. The standard InChI is InChI=1S/C26H37N5O5/c1-19(2)24(33)27-12-14-30-16-22(28-29-30)15-26(25(34)35)11-7-8-13-31(26)23(32)18-36-17-20(3)21-9-5-4-6-10-21/h4-6,9-10,16,19-20H,7-8,11-15,17-18H2,1-3H3,(H,27,33)(H,34,35). The Labute approximate surface area is 212 Å². The number of rotatable bonds is 12. The van der Waals surface area contributed by atoms with Gasteiger partial charge in [0, 0.05) is 37.5 Å². The number of benzene rings is 1. The van der Waals surface area contributed by atoms with Crippen molar-refractivity contribution in [3.8, 4) is 0 Å². The summed E-state index contributed by atoms with van der Waals surface area (Å²) in [5, 5.41) is 21.3. The zero-order valence-corrected chi connectivity index (χ0v) is 21.4. The topological polar surface area (TPSA) is 127 Å². The van der Waals surface area contributed by atoms with Crippen molar-refractivity contribution in [2.24, 2.45) is 5.92 Å². The normalized spacial score (nSPS) is 18.7. The van der Waals surface area contributed by atoms with Gasteiger partial charge in [-0.2, -0.15) is 0 Å². The third-order valence-corrected chi connectivity index (χ3v) is 6.62. The molecule has 1 fully saturated rings. The Kier molecular flexibility index (Phi) is 9.58. The molecule has 2 amide bonds. The Balaban J connectivity index is 1.62. The van der Waals surface area contributed by atoms with Crippen LogP contribution in [-0.4, -0.2) is 74.6 Å². The first-order valence-electron chi connectivity index (χ1n) is 12.6. The fourth-order valence-electron chi connectivity index (χ4n) is 4.49. The lowest BCUT2D eigenvalue weighted by Crippen LogP contribution is -2.61. The van der Waals surface area contributed by atoms with Crippen LogP contribution in [0.15, 0.2) is 36.5 Å². The average Bonchev–Trinajstić information content (AvgIpc) is 3.31. The van der Waals surface area contributed by atoms with Gasteiger partial charge in [0.2, 0.25) is 11.8 Å². The van der Waals surface area contributed by atoms with E-state index >= 15 is 0 Å². The van der Waals surface area contributed by atoms with Crippen LogP contribution in [-0.2, 0) is 32.1 Å². The minimum Gasteiger partial charge on any atom is -0.479 e. The molecule has 1 aromatic carbocycles. The zero-order valence-electron chi connectivity index (χ0n) is 21.4. The van der Waals surface area contributed by atoms with Crippen molar-refractivity contribution < 1.29 is 24.2 Å². The highest BCUT2D eigenvalue weighted by molar-refractivity contribution is 5.88. The van der Waals surface area contributed by atoms with Gasteiger partial charge in [0.25, 0.3) is 0 Å². The van der Waals surface area contributed by atoms with E-state index in [0.717, 1.165) is 12.0 Å². The van der Waals surface area contributed by atoms with Crippen molar-refractivity contribution in [2.45, 2.75) is 64.5 Å². The van der Waals surface area contributed by atoms with Crippen LogP contribution in [0.1, 0.15) is 57.2 Å². The van der Waals surface area contributed by atoms with E-state index in [4.69, 9.17) is 4.74 Å². The molecule has 1 aliphatic rings. The van der Waals surface area contributed by atoms with E-state index in [-0.39, 0.29) is 36.7 Å². The third kappa shape index (κ3) is 6.90. The molecule has 36 heavy (non-hydrogen) atoms. The molecule has 1 aromatic heterocycles. The number of hydrogen-bond acceptors (Lipinski definition) is 6. The van der Waals surface area contributed by atoms with E-state index in [0.29, 0.717) is 44.8 Å². The molecule has 0 radical (unpaired) electrons. The molecule has 0 spiro atoms. The Morgan fingerprint density at radius 3 is 2.61 bits per heavy atom. The quantitative estimate of drug-likeness (QED) is 0.459. The van der Waals surface area contributed by atoms with Gasteiger partial charge in [0.05, 0.1) is 18.8 Å². The minimum absolute atomic E-state index is 0.0445. The summed E-state index contributed by atoms with van der Waals surface area (Å²) in [4.78, 5) is 38.9. The van der Waals surface area contributed by atoms with E-state index in [1.165, 1.54) is 4.90 Å². The van der Waals surface area contributed by atoms with Crippen molar-refractivity contribution >= 4 is 17.8 Å². The number of piperidine rings is 1. The number of amides is 2. The molecule has 1 saturated heterocycles. The van der Waals surface area contributed by atoms with Gasteiger partial charge in [0.1, 0.15) is 12.1 Å². The van der Waals surface area contributed by atoms with Crippen molar-refractivity contribution in [1.29, 1.82) is 0 Å². The van der Waals surface area contributed by atoms with E-state index in [1.54, 1.807) is 10.9 Å². The molecule has 196 valence electrons. The second-order valence-electron chi connectivity index (χ2n) is 9.76. The Bertz CT molecular complexity index is 1020. The van der Waals surface area contributed by atoms with E-state index in [1.807, 2.05) is 51.1 Å². The summed E-state index contributed by atoms with van der Waals surface area (Å²) in [6, 6.07) is 9.90. The monoisotopic (exact) mass is 499 g/mol. The summed E-state index contributed by atoms with van der Waals surface area (Å²) in [6.07, 6.45) is 3.53. The molecule has 2 N–H and O–H groups in total. The maximum atomic E-state index is 13.1. The van der Waals surface area contributed by atoms with Crippen LogP contribution in [0, 0.1) is 5.92 Å². The smallest absolute Gasteiger partial charge is 0.330 e. The number of carboxylic acids is 1. The van der Waals surface area contributed by atoms with Gasteiger partial charge < -0.3 is 20.1 Å². The van der Waals surface area contributed by atoms with Crippen LogP contribution >= 0.6 is 0 Å². The molecule has 3 rings (SSSR count). The van der Waals surface area contributed by atoms with E-state index in [9.17, 15) is 19.5 Å². The minimum atomic E-state index is -1.39. The number of carbonyl (C=O) groups is 3. The molecule has 0 aliphatic carbocycles. The lowest BCUT2D eigenvalue weighted by molar-refractivity contribution is -0.164. The average molecular weight is 500 g/mol.